The number of benzene rings is 2. The zero-order chi connectivity index (χ0) is 20.2. The largest absolute Gasteiger partial charge is 0.370 e. The van der Waals surface area contributed by atoms with Crippen molar-refractivity contribution in [2.75, 3.05) is 31.1 Å². The molecule has 4 rings (SSSR count). The Balaban J connectivity index is 1.42. The second kappa shape index (κ2) is 8.50. The number of amides is 1. The van der Waals surface area contributed by atoms with Crippen molar-refractivity contribution in [1.29, 1.82) is 5.26 Å². The molecule has 0 saturated carbocycles. The van der Waals surface area contributed by atoms with Gasteiger partial charge in [-0.2, -0.15) is 10.4 Å². The van der Waals surface area contributed by atoms with Crippen molar-refractivity contribution in [1.82, 2.24) is 14.7 Å². The van der Waals surface area contributed by atoms with E-state index in [2.05, 4.69) is 32.0 Å². The summed E-state index contributed by atoms with van der Waals surface area (Å²) in [6.07, 6.45) is 4.52. The van der Waals surface area contributed by atoms with Gasteiger partial charge in [0.1, 0.15) is 0 Å². The number of anilines is 1. The molecule has 1 fully saturated rings. The molecule has 1 aliphatic heterocycles. The van der Waals surface area contributed by atoms with Gasteiger partial charge >= 0.3 is 0 Å². The SMILES string of the molecule is N#Cc1ccc(N2CCCN(C(=O)c3ccc(-n4cc(Br)cn4)cc3)CC2)cc1. The van der Waals surface area contributed by atoms with Gasteiger partial charge in [0.15, 0.2) is 0 Å². The van der Waals surface area contributed by atoms with Crippen LogP contribution >= 0.6 is 15.9 Å². The fourth-order valence-corrected chi connectivity index (χ4v) is 3.79. The Labute approximate surface area is 178 Å². The third-order valence-corrected chi connectivity index (χ3v) is 5.48. The average molecular weight is 450 g/mol. The fraction of sp³-hybridized carbons (Fsp3) is 0.227. The molecule has 2 aromatic carbocycles. The van der Waals surface area contributed by atoms with Crippen molar-refractivity contribution in [3.05, 3.63) is 76.5 Å². The van der Waals surface area contributed by atoms with E-state index in [4.69, 9.17) is 5.26 Å². The standard InChI is InChI=1S/C22H20BrN5O/c23-19-15-25-28(16-19)21-8-4-18(5-9-21)22(29)27-11-1-10-26(12-13-27)20-6-2-17(14-24)3-7-20/h2-9,15-16H,1,10-13H2. The maximum absolute atomic E-state index is 13.0. The van der Waals surface area contributed by atoms with Crippen molar-refractivity contribution >= 4 is 27.5 Å². The molecule has 3 aromatic rings. The number of carbonyl (C=O) groups excluding carboxylic acids is 1. The molecule has 0 unspecified atom stereocenters. The molecule has 0 atom stereocenters. The predicted octanol–water partition coefficient (Wildman–Crippen LogP) is 3.86. The first kappa shape index (κ1) is 19.2. The van der Waals surface area contributed by atoms with Gasteiger partial charge in [-0.1, -0.05) is 0 Å². The van der Waals surface area contributed by atoms with E-state index in [1.165, 1.54) is 0 Å². The molecule has 0 radical (unpaired) electrons. The van der Waals surface area contributed by atoms with Gasteiger partial charge in [-0.05, 0) is 70.9 Å². The topological polar surface area (TPSA) is 65.2 Å². The molecule has 29 heavy (non-hydrogen) atoms. The van der Waals surface area contributed by atoms with E-state index in [1.54, 1.807) is 10.9 Å². The lowest BCUT2D eigenvalue weighted by molar-refractivity contribution is 0.0767. The highest BCUT2D eigenvalue weighted by Gasteiger charge is 2.20. The van der Waals surface area contributed by atoms with Gasteiger partial charge in [0.05, 0.1) is 28.0 Å². The number of rotatable bonds is 3. The van der Waals surface area contributed by atoms with Crippen LogP contribution in [0, 0.1) is 11.3 Å². The number of carbonyl (C=O) groups is 1. The summed E-state index contributed by atoms with van der Waals surface area (Å²) in [5.41, 5.74) is 3.35. The zero-order valence-corrected chi connectivity index (χ0v) is 17.4. The minimum absolute atomic E-state index is 0.0554. The summed E-state index contributed by atoms with van der Waals surface area (Å²) in [6, 6.07) is 17.3. The van der Waals surface area contributed by atoms with Crippen LogP contribution in [-0.2, 0) is 0 Å². The molecule has 1 amide bonds. The molecule has 0 aliphatic carbocycles. The highest BCUT2D eigenvalue weighted by Crippen LogP contribution is 2.19. The van der Waals surface area contributed by atoms with Crippen LogP contribution in [0.4, 0.5) is 5.69 Å². The quantitative estimate of drug-likeness (QED) is 0.608. The minimum atomic E-state index is 0.0554. The summed E-state index contributed by atoms with van der Waals surface area (Å²) in [6.45, 7) is 3.08. The van der Waals surface area contributed by atoms with Crippen LogP contribution in [-0.4, -0.2) is 46.8 Å². The normalized spacial score (nSPS) is 14.3. The summed E-state index contributed by atoms with van der Waals surface area (Å²) in [5.74, 6) is 0.0554. The number of hydrogen-bond acceptors (Lipinski definition) is 4. The Bertz CT molecular complexity index is 1040. The van der Waals surface area contributed by atoms with Crippen molar-refractivity contribution in [3.8, 4) is 11.8 Å². The van der Waals surface area contributed by atoms with Crippen molar-refractivity contribution in [3.63, 3.8) is 0 Å². The highest BCUT2D eigenvalue weighted by molar-refractivity contribution is 9.10. The second-order valence-corrected chi connectivity index (χ2v) is 7.86. The Hall–Kier alpha value is -3.11. The number of halogens is 1. The van der Waals surface area contributed by atoms with E-state index in [1.807, 2.05) is 59.6 Å². The maximum atomic E-state index is 13.0. The average Bonchev–Trinajstić information content (AvgIpc) is 3.05. The van der Waals surface area contributed by atoms with E-state index in [0.29, 0.717) is 17.7 Å². The minimum Gasteiger partial charge on any atom is -0.370 e. The van der Waals surface area contributed by atoms with E-state index in [9.17, 15) is 4.79 Å². The molecular weight excluding hydrogens is 430 g/mol. The third-order valence-electron chi connectivity index (χ3n) is 5.07. The predicted molar refractivity (Wildman–Crippen MR) is 115 cm³/mol. The molecule has 1 aromatic heterocycles. The van der Waals surface area contributed by atoms with Crippen molar-refractivity contribution < 1.29 is 4.79 Å². The van der Waals surface area contributed by atoms with Crippen LogP contribution in [0.15, 0.2) is 65.4 Å². The van der Waals surface area contributed by atoms with E-state index < -0.39 is 0 Å². The van der Waals surface area contributed by atoms with Gasteiger partial charge in [0, 0.05) is 43.6 Å². The fourth-order valence-electron chi connectivity index (χ4n) is 3.51. The van der Waals surface area contributed by atoms with Gasteiger partial charge in [0.25, 0.3) is 5.91 Å². The number of hydrogen-bond donors (Lipinski definition) is 0. The molecule has 7 heteroatoms. The van der Waals surface area contributed by atoms with Gasteiger partial charge in [-0.25, -0.2) is 4.68 Å². The van der Waals surface area contributed by atoms with Gasteiger partial charge < -0.3 is 9.80 Å². The van der Waals surface area contributed by atoms with Crippen molar-refractivity contribution in [2.45, 2.75) is 6.42 Å². The summed E-state index contributed by atoms with van der Waals surface area (Å²) >= 11 is 3.39. The first-order chi connectivity index (χ1) is 14.1. The molecule has 0 bridgehead atoms. The van der Waals surface area contributed by atoms with Gasteiger partial charge in [0.2, 0.25) is 0 Å². The molecule has 146 valence electrons. The smallest absolute Gasteiger partial charge is 0.253 e. The lowest BCUT2D eigenvalue weighted by atomic mass is 10.1. The van der Waals surface area contributed by atoms with Crippen LogP contribution in [0.5, 0.6) is 0 Å². The molecule has 0 N–H and O–H groups in total. The Morgan fingerprint density at radius 2 is 1.69 bits per heavy atom. The summed E-state index contributed by atoms with van der Waals surface area (Å²) < 4.78 is 2.67. The first-order valence-electron chi connectivity index (χ1n) is 9.49. The maximum Gasteiger partial charge on any atom is 0.253 e. The van der Waals surface area contributed by atoms with Crippen LogP contribution in [0.2, 0.25) is 0 Å². The van der Waals surface area contributed by atoms with Gasteiger partial charge in [-0.3, -0.25) is 4.79 Å². The van der Waals surface area contributed by atoms with E-state index in [0.717, 1.165) is 41.9 Å². The van der Waals surface area contributed by atoms with Gasteiger partial charge in [-0.15, -0.1) is 0 Å². The number of nitriles is 1. The van der Waals surface area contributed by atoms with Crippen LogP contribution < -0.4 is 4.90 Å². The lowest BCUT2D eigenvalue weighted by Gasteiger charge is -2.24. The molecule has 6 nitrogen and oxygen atoms in total. The Morgan fingerprint density at radius 3 is 2.34 bits per heavy atom. The monoisotopic (exact) mass is 449 g/mol. The number of aromatic nitrogens is 2. The highest BCUT2D eigenvalue weighted by atomic mass is 79.9. The summed E-state index contributed by atoms with van der Waals surface area (Å²) in [5, 5.41) is 13.2. The molecular formula is C22H20BrN5O. The Kier molecular flexibility index (Phi) is 5.63. The molecule has 2 heterocycles. The van der Waals surface area contributed by atoms with E-state index in [-0.39, 0.29) is 5.91 Å². The molecule has 1 saturated heterocycles. The first-order valence-corrected chi connectivity index (χ1v) is 10.3. The van der Waals surface area contributed by atoms with E-state index >= 15 is 0 Å². The molecule has 1 aliphatic rings. The van der Waals surface area contributed by atoms with Crippen LogP contribution in [0.3, 0.4) is 0 Å². The second-order valence-electron chi connectivity index (χ2n) is 6.94. The van der Waals surface area contributed by atoms with Crippen LogP contribution in [0.1, 0.15) is 22.3 Å². The van der Waals surface area contributed by atoms with Crippen LogP contribution in [0.25, 0.3) is 5.69 Å². The van der Waals surface area contributed by atoms with Crippen molar-refractivity contribution in [2.24, 2.45) is 0 Å². The zero-order valence-electron chi connectivity index (χ0n) is 15.8. The summed E-state index contributed by atoms with van der Waals surface area (Å²) in [7, 11) is 0. The molecule has 0 spiro atoms. The summed E-state index contributed by atoms with van der Waals surface area (Å²) in [4.78, 5) is 17.2. The lowest BCUT2D eigenvalue weighted by Crippen LogP contribution is -2.35. The Morgan fingerprint density at radius 1 is 0.966 bits per heavy atom. The third kappa shape index (κ3) is 4.33. The number of nitrogens with zero attached hydrogens (tertiary/aromatic N) is 5.